The maximum atomic E-state index is 12.8. The van der Waals surface area contributed by atoms with E-state index in [1.54, 1.807) is 0 Å². The zero-order valence-corrected chi connectivity index (χ0v) is 15.4. The summed E-state index contributed by atoms with van der Waals surface area (Å²) in [5.41, 5.74) is 2.90. The number of hydrogen-bond acceptors (Lipinski definition) is 2. The molecule has 0 saturated carbocycles. The van der Waals surface area contributed by atoms with Crippen LogP contribution in [0.3, 0.4) is 0 Å². The number of nitrogens with one attached hydrogen (secondary N) is 1. The first-order valence-electron chi connectivity index (χ1n) is 8.57. The Bertz CT molecular complexity index is 744. The molecule has 5 rings (SSSR count). The van der Waals surface area contributed by atoms with Crippen LogP contribution in [0.15, 0.2) is 40.9 Å². The number of fused-ring (bicyclic) bond motifs is 3. The number of halogens is 1. The van der Waals surface area contributed by atoms with Gasteiger partial charge in [0.1, 0.15) is 5.69 Å². The zero-order valence-electron chi connectivity index (χ0n) is 13.8. The maximum Gasteiger partial charge on any atom is 0.268 e. The van der Waals surface area contributed by atoms with Crippen molar-refractivity contribution in [2.45, 2.75) is 18.9 Å². The van der Waals surface area contributed by atoms with Crippen LogP contribution in [0.4, 0.5) is 0 Å². The maximum absolute atomic E-state index is 12.8. The number of carbonyl (C=O) groups is 1. The van der Waals surface area contributed by atoms with Gasteiger partial charge in [0, 0.05) is 29.8 Å². The van der Waals surface area contributed by atoms with Crippen molar-refractivity contribution in [2.75, 3.05) is 19.6 Å². The molecule has 0 spiro atoms. The summed E-state index contributed by atoms with van der Waals surface area (Å²) >= 11 is 3.46. The molecule has 0 unspecified atom stereocenters. The minimum absolute atomic E-state index is 0.0413. The van der Waals surface area contributed by atoms with Gasteiger partial charge in [-0.2, -0.15) is 0 Å². The Kier molecular flexibility index (Phi) is 4.22. The molecule has 2 bridgehead atoms. The van der Waals surface area contributed by atoms with Crippen molar-refractivity contribution in [1.29, 1.82) is 0 Å². The fourth-order valence-corrected chi connectivity index (χ4v) is 4.29. The molecule has 2 aromatic rings. The highest BCUT2D eigenvalue weighted by atomic mass is 79.9. The van der Waals surface area contributed by atoms with Gasteiger partial charge in [0.05, 0.1) is 0 Å². The molecular formula is C19H22BrN3O. The van der Waals surface area contributed by atoms with Gasteiger partial charge in [-0.05, 0) is 61.7 Å². The lowest BCUT2D eigenvalue weighted by molar-refractivity contribution is 0.0616. The molecule has 24 heavy (non-hydrogen) atoms. The Labute approximate surface area is 151 Å². The normalized spacial score (nSPS) is 25.7. The van der Waals surface area contributed by atoms with Crippen LogP contribution in [-0.2, 0) is 7.05 Å². The predicted octanol–water partition coefficient (Wildman–Crippen LogP) is 3.28. The van der Waals surface area contributed by atoms with E-state index in [1.165, 1.54) is 25.9 Å². The summed E-state index contributed by atoms with van der Waals surface area (Å²) < 4.78 is 3.04. The largest absolute Gasteiger partial charge is 0.346 e. The summed E-state index contributed by atoms with van der Waals surface area (Å²) in [6.45, 7) is 3.38. The van der Waals surface area contributed by atoms with E-state index in [2.05, 4.69) is 38.3 Å². The lowest BCUT2D eigenvalue weighted by Gasteiger charge is -2.44. The highest BCUT2D eigenvalue weighted by molar-refractivity contribution is 9.10. The zero-order chi connectivity index (χ0) is 16.7. The third kappa shape index (κ3) is 2.91. The number of nitrogens with zero attached hydrogens (tertiary/aromatic N) is 2. The predicted molar refractivity (Wildman–Crippen MR) is 99.0 cm³/mol. The standard InChI is InChI=1S/C19H22BrN3O/c1-22-17(14-2-4-15(20)5-3-14)6-7-18(22)19(24)21-16-12-23-10-8-13(16)9-11-23/h2-7,13,16H,8-12H2,1H3,(H,21,24)/t16-/m0/s1. The molecule has 1 N–H and O–H groups in total. The summed E-state index contributed by atoms with van der Waals surface area (Å²) in [6.07, 6.45) is 2.42. The molecule has 1 atom stereocenters. The van der Waals surface area contributed by atoms with Crippen molar-refractivity contribution in [3.8, 4) is 11.3 Å². The molecule has 1 aromatic carbocycles. The van der Waals surface area contributed by atoms with Crippen molar-refractivity contribution in [3.05, 3.63) is 46.6 Å². The van der Waals surface area contributed by atoms with Crippen molar-refractivity contribution in [1.82, 2.24) is 14.8 Å². The smallest absolute Gasteiger partial charge is 0.268 e. The second-order valence-corrected chi connectivity index (χ2v) is 7.80. The lowest BCUT2D eigenvalue weighted by atomic mass is 9.84. The second kappa shape index (κ2) is 6.37. The average Bonchev–Trinajstić information content (AvgIpc) is 2.98. The van der Waals surface area contributed by atoms with Gasteiger partial charge in [-0.15, -0.1) is 0 Å². The SMILES string of the molecule is Cn1c(C(=O)N[C@H]2CN3CCC2CC3)ccc1-c1ccc(Br)cc1. The van der Waals surface area contributed by atoms with E-state index in [9.17, 15) is 4.79 Å². The molecule has 3 aliphatic rings. The molecule has 1 amide bonds. The van der Waals surface area contributed by atoms with Gasteiger partial charge in [0.25, 0.3) is 5.91 Å². The quantitative estimate of drug-likeness (QED) is 0.877. The van der Waals surface area contributed by atoms with Crippen molar-refractivity contribution in [2.24, 2.45) is 13.0 Å². The minimum Gasteiger partial charge on any atom is -0.346 e. The van der Waals surface area contributed by atoms with E-state index in [1.807, 2.05) is 35.9 Å². The van der Waals surface area contributed by atoms with Crippen LogP contribution in [0.25, 0.3) is 11.3 Å². The third-order valence-electron chi connectivity index (χ3n) is 5.47. The fourth-order valence-electron chi connectivity index (χ4n) is 4.02. The van der Waals surface area contributed by atoms with Crippen molar-refractivity contribution < 1.29 is 4.79 Å². The number of amides is 1. The molecule has 4 nitrogen and oxygen atoms in total. The number of rotatable bonds is 3. The van der Waals surface area contributed by atoms with E-state index in [0.717, 1.165) is 28.0 Å². The molecule has 5 heteroatoms. The van der Waals surface area contributed by atoms with Crippen LogP contribution in [-0.4, -0.2) is 41.1 Å². The Morgan fingerprint density at radius 2 is 1.83 bits per heavy atom. The van der Waals surface area contributed by atoms with Crippen molar-refractivity contribution >= 4 is 21.8 Å². The number of benzene rings is 1. The fraction of sp³-hybridized carbons (Fsp3) is 0.421. The Morgan fingerprint density at radius 1 is 1.12 bits per heavy atom. The van der Waals surface area contributed by atoms with E-state index < -0.39 is 0 Å². The van der Waals surface area contributed by atoms with Crippen LogP contribution in [0.5, 0.6) is 0 Å². The highest BCUT2D eigenvalue weighted by Gasteiger charge is 2.35. The van der Waals surface area contributed by atoms with Crippen LogP contribution < -0.4 is 5.32 Å². The topological polar surface area (TPSA) is 37.3 Å². The van der Waals surface area contributed by atoms with Gasteiger partial charge in [-0.25, -0.2) is 0 Å². The molecule has 3 saturated heterocycles. The Morgan fingerprint density at radius 3 is 2.46 bits per heavy atom. The Hall–Kier alpha value is -1.59. The number of aromatic nitrogens is 1. The summed E-state index contributed by atoms with van der Waals surface area (Å²) in [6, 6.07) is 12.4. The van der Waals surface area contributed by atoms with Gasteiger partial charge < -0.3 is 14.8 Å². The monoisotopic (exact) mass is 387 g/mol. The molecular weight excluding hydrogens is 366 g/mol. The van der Waals surface area contributed by atoms with E-state index in [0.29, 0.717) is 12.0 Å². The molecule has 126 valence electrons. The first-order chi connectivity index (χ1) is 11.6. The average molecular weight is 388 g/mol. The third-order valence-corrected chi connectivity index (χ3v) is 6.00. The first-order valence-corrected chi connectivity index (χ1v) is 9.36. The van der Waals surface area contributed by atoms with E-state index in [4.69, 9.17) is 0 Å². The lowest BCUT2D eigenvalue weighted by Crippen LogP contribution is -2.57. The summed E-state index contributed by atoms with van der Waals surface area (Å²) in [5.74, 6) is 0.685. The molecule has 0 radical (unpaired) electrons. The van der Waals surface area contributed by atoms with Gasteiger partial charge in [0.2, 0.25) is 0 Å². The summed E-state index contributed by atoms with van der Waals surface area (Å²) in [5, 5.41) is 3.27. The van der Waals surface area contributed by atoms with Crippen LogP contribution in [0.2, 0.25) is 0 Å². The highest BCUT2D eigenvalue weighted by Crippen LogP contribution is 2.28. The summed E-state index contributed by atoms with van der Waals surface area (Å²) in [4.78, 5) is 15.2. The minimum atomic E-state index is 0.0413. The molecule has 3 aliphatic heterocycles. The van der Waals surface area contributed by atoms with Crippen molar-refractivity contribution in [3.63, 3.8) is 0 Å². The molecule has 3 fully saturated rings. The van der Waals surface area contributed by atoms with Crippen LogP contribution in [0.1, 0.15) is 23.3 Å². The van der Waals surface area contributed by atoms with Gasteiger partial charge in [-0.3, -0.25) is 4.79 Å². The van der Waals surface area contributed by atoms with E-state index >= 15 is 0 Å². The number of hydrogen-bond donors (Lipinski definition) is 1. The van der Waals surface area contributed by atoms with E-state index in [-0.39, 0.29) is 5.91 Å². The molecule has 4 heterocycles. The van der Waals surface area contributed by atoms with Gasteiger partial charge in [-0.1, -0.05) is 28.1 Å². The molecule has 1 aromatic heterocycles. The number of carbonyl (C=O) groups excluding carboxylic acids is 1. The van der Waals surface area contributed by atoms with Crippen LogP contribution in [0, 0.1) is 5.92 Å². The second-order valence-electron chi connectivity index (χ2n) is 6.89. The van der Waals surface area contributed by atoms with Gasteiger partial charge in [0.15, 0.2) is 0 Å². The first kappa shape index (κ1) is 15.9. The van der Waals surface area contributed by atoms with Gasteiger partial charge >= 0.3 is 0 Å². The molecule has 0 aliphatic carbocycles. The summed E-state index contributed by atoms with van der Waals surface area (Å²) in [7, 11) is 1.96. The number of piperidine rings is 3. The Balaban J connectivity index is 1.52. The van der Waals surface area contributed by atoms with Crippen LogP contribution >= 0.6 is 15.9 Å².